The number of para-hydroxylation sites is 1. The average Bonchev–Trinajstić information content (AvgIpc) is 3.34. The first-order chi connectivity index (χ1) is 19.2. The Labute approximate surface area is 229 Å². The van der Waals surface area contributed by atoms with E-state index in [1.165, 1.54) is 23.7 Å². The SMILES string of the molecule is COc1cccc(OC)c1-n1c(NS(=O)(=O)C2C[C@H](O)CN(c3ncc(F)cn3)C2)nnc1-c1cccc(C)n1. The van der Waals surface area contributed by atoms with Crippen molar-refractivity contribution in [1.82, 2.24) is 29.7 Å². The fourth-order valence-electron chi connectivity index (χ4n) is 4.54. The zero-order chi connectivity index (χ0) is 28.4. The number of aliphatic hydroxyl groups is 1. The number of nitrogens with zero attached hydrogens (tertiary/aromatic N) is 7. The van der Waals surface area contributed by atoms with Crippen LogP contribution in [-0.4, -0.2) is 81.9 Å². The van der Waals surface area contributed by atoms with E-state index in [-0.39, 0.29) is 37.2 Å². The number of aliphatic hydroxyl groups excluding tert-OH is 1. The Balaban J connectivity index is 1.57. The van der Waals surface area contributed by atoms with Crippen LogP contribution in [0.3, 0.4) is 0 Å². The number of halogens is 1. The van der Waals surface area contributed by atoms with Crippen molar-refractivity contribution < 1.29 is 27.4 Å². The lowest BCUT2D eigenvalue weighted by Gasteiger charge is -2.35. The molecule has 15 heteroatoms. The van der Waals surface area contributed by atoms with Crippen molar-refractivity contribution in [3.05, 3.63) is 60.3 Å². The molecule has 1 aromatic carbocycles. The number of aryl methyl sites for hydroxylation is 1. The van der Waals surface area contributed by atoms with Crippen LogP contribution >= 0.6 is 0 Å². The number of benzene rings is 1. The van der Waals surface area contributed by atoms with Crippen molar-refractivity contribution in [3.63, 3.8) is 0 Å². The minimum atomic E-state index is -4.17. The summed E-state index contributed by atoms with van der Waals surface area (Å²) in [6.07, 6.45) is 0.915. The summed E-state index contributed by atoms with van der Waals surface area (Å²) < 4.78 is 55.9. The predicted octanol–water partition coefficient (Wildman–Crippen LogP) is 1.97. The third-order valence-electron chi connectivity index (χ3n) is 6.36. The number of methoxy groups -OCH3 is 2. The summed E-state index contributed by atoms with van der Waals surface area (Å²) in [6, 6.07) is 10.5. The summed E-state index contributed by atoms with van der Waals surface area (Å²) in [5.74, 6) is 0.342. The molecule has 0 bridgehead atoms. The molecule has 1 aliphatic rings. The van der Waals surface area contributed by atoms with Gasteiger partial charge in [-0.25, -0.2) is 27.8 Å². The maximum absolute atomic E-state index is 13.7. The number of pyridine rings is 1. The Morgan fingerprint density at radius 1 is 1.02 bits per heavy atom. The number of hydrogen-bond acceptors (Lipinski definition) is 11. The quantitative estimate of drug-likeness (QED) is 0.319. The number of piperidine rings is 1. The van der Waals surface area contributed by atoms with Crippen LogP contribution in [0, 0.1) is 12.7 Å². The first-order valence-corrected chi connectivity index (χ1v) is 13.8. The van der Waals surface area contributed by atoms with Crippen LogP contribution in [0.4, 0.5) is 16.3 Å². The highest BCUT2D eigenvalue weighted by Crippen LogP contribution is 2.37. The first-order valence-electron chi connectivity index (χ1n) is 12.2. The van der Waals surface area contributed by atoms with Gasteiger partial charge in [0.25, 0.3) is 0 Å². The van der Waals surface area contributed by atoms with Gasteiger partial charge < -0.3 is 19.5 Å². The highest BCUT2D eigenvalue weighted by Gasteiger charge is 2.37. The number of hydrogen-bond donors (Lipinski definition) is 2. The molecule has 0 saturated carbocycles. The maximum atomic E-state index is 13.7. The molecule has 2 N–H and O–H groups in total. The number of sulfonamides is 1. The van der Waals surface area contributed by atoms with Crippen molar-refractivity contribution in [3.8, 4) is 28.7 Å². The summed E-state index contributed by atoms with van der Waals surface area (Å²) in [7, 11) is -1.21. The Bertz CT molecular complexity index is 1590. The lowest BCUT2D eigenvalue weighted by molar-refractivity contribution is 0.154. The molecule has 4 heterocycles. The van der Waals surface area contributed by atoms with Crippen LogP contribution < -0.4 is 19.1 Å². The van der Waals surface area contributed by atoms with Crippen molar-refractivity contribution in [1.29, 1.82) is 0 Å². The van der Waals surface area contributed by atoms with Gasteiger partial charge in [0.05, 0.1) is 32.7 Å². The summed E-state index contributed by atoms with van der Waals surface area (Å²) in [5.41, 5.74) is 1.53. The fraction of sp³-hybridized carbons (Fsp3) is 0.320. The van der Waals surface area contributed by atoms with E-state index in [2.05, 4.69) is 29.9 Å². The van der Waals surface area contributed by atoms with Gasteiger partial charge in [-0.1, -0.05) is 12.1 Å². The third kappa shape index (κ3) is 5.37. The molecular weight excluding hydrogens is 543 g/mol. The molecule has 1 fully saturated rings. The number of rotatable bonds is 8. The number of β-amino-alcohol motifs (C(OH)–C–C–N with tert-alkyl or cyclic N) is 1. The predicted molar refractivity (Wildman–Crippen MR) is 144 cm³/mol. The van der Waals surface area contributed by atoms with E-state index >= 15 is 0 Å². The van der Waals surface area contributed by atoms with E-state index in [9.17, 15) is 17.9 Å². The maximum Gasteiger partial charge on any atom is 0.243 e. The summed E-state index contributed by atoms with van der Waals surface area (Å²) in [4.78, 5) is 13.9. The molecule has 210 valence electrons. The Morgan fingerprint density at radius 2 is 1.70 bits per heavy atom. The zero-order valence-corrected chi connectivity index (χ0v) is 22.7. The lowest BCUT2D eigenvalue weighted by Crippen LogP contribution is -2.50. The molecule has 5 rings (SSSR count). The smallest absolute Gasteiger partial charge is 0.243 e. The van der Waals surface area contributed by atoms with Gasteiger partial charge in [0.1, 0.15) is 28.1 Å². The molecule has 0 amide bonds. The summed E-state index contributed by atoms with van der Waals surface area (Å²) in [5, 5.41) is 17.8. The van der Waals surface area contributed by atoms with Gasteiger partial charge in [-0.15, -0.1) is 10.2 Å². The van der Waals surface area contributed by atoms with Crippen LogP contribution in [0.2, 0.25) is 0 Å². The van der Waals surface area contributed by atoms with E-state index < -0.39 is 27.2 Å². The number of nitrogens with one attached hydrogen (secondary N) is 1. The Hall–Kier alpha value is -4.37. The third-order valence-corrected chi connectivity index (χ3v) is 8.04. The summed E-state index contributed by atoms with van der Waals surface area (Å²) >= 11 is 0. The second kappa shape index (κ2) is 11.0. The molecule has 1 unspecified atom stereocenters. The van der Waals surface area contributed by atoms with Gasteiger partial charge in [0, 0.05) is 18.8 Å². The van der Waals surface area contributed by atoms with Crippen molar-refractivity contribution >= 4 is 21.9 Å². The van der Waals surface area contributed by atoms with Crippen LogP contribution in [0.25, 0.3) is 17.2 Å². The molecule has 1 saturated heterocycles. The van der Waals surface area contributed by atoms with E-state index in [1.54, 1.807) is 30.3 Å². The minimum Gasteiger partial charge on any atom is -0.494 e. The minimum absolute atomic E-state index is 0.0452. The fourth-order valence-corrected chi connectivity index (χ4v) is 5.95. The van der Waals surface area contributed by atoms with Gasteiger partial charge in [0.15, 0.2) is 11.6 Å². The standard InChI is InChI=1S/C25H27FN8O5S/c1-15-6-4-7-19(29-15)23-30-31-25(34(23)22-20(38-2)8-5-9-21(22)39-3)32-40(36,37)18-10-17(35)13-33(14-18)24-27-11-16(26)12-28-24/h4-9,11-12,17-18,35H,10,13-14H2,1-3H3,(H,31,32)/t17-,18?/m0/s1. The number of ether oxygens (including phenoxy) is 2. The van der Waals surface area contributed by atoms with Gasteiger partial charge in [-0.3, -0.25) is 9.29 Å². The van der Waals surface area contributed by atoms with Crippen molar-refractivity contribution in [2.45, 2.75) is 24.7 Å². The van der Waals surface area contributed by atoms with E-state index in [0.717, 1.165) is 18.1 Å². The molecule has 0 aliphatic carbocycles. The Morgan fingerprint density at radius 3 is 2.35 bits per heavy atom. The highest BCUT2D eigenvalue weighted by atomic mass is 32.2. The first kappa shape index (κ1) is 27.2. The molecule has 2 atom stereocenters. The average molecular weight is 571 g/mol. The van der Waals surface area contributed by atoms with Gasteiger partial charge in [0.2, 0.25) is 21.9 Å². The molecule has 40 heavy (non-hydrogen) atoms. The number of anilines is 2. The van der Waals surface area contributed by atoms with Crippen molar-refractivity contribution in [2.75, 3.05) is 36.9 Å². The van der Waals surface area contributed by atoms with E-state index in [4.69, 9.17) is 9.47 Å². The van der Waals surface area contributed by atoms with Crippen LogP contribution in [0.5, 0.6) is 11.5 Å². The van der Waals surface area contributed by atoms with Gasteiger partial charge in [-0.2, -0.15) is 0 Å². The molecule has 0 spiro atoms. The topological polar surface area (TPSA) is 157 Å². The van der Waals surface area contributed by atoms with Gasteiger partial charge in [-0.05, 0) is 37.6 Å². The van der Waals surface area contributed by atoms with Crippen molar-refractivity contribution in [2.24, 2.45) is 0 Å². The molecule has 13 nitrogen and oxygen atoms in total. The lowest BCUT2D eigenvalue weighted by atomic mass is 10.1. The summed E-state index contributed by atoms with van der Waals surface area (Å²) in [6.45, 7) is 1.87. The van der Waals surface area contributed by atoms with Crippen LogP contribution in [0.15, 0.2) is 48.8 Å². The zero-order valence-electron chi connectivity index (χ0n) is 21.9. The molecule has 1 aliphatic heterocycles. The normalized spacial score (nSPS) is 17.5. The second-order valence-corrected chi connectivity index (χ2v) is 11.1. The molecule has 3 aromatic heterocycles. The largest absolute Gasteiger partial charge is 0.494 e. The van der Waals surface area contributed by atoms with Gasteiger partial charge >= 0.3 is 0 Å². The van der Waals surface area contributed by atoms with E-state index in [0.29, 0.717) is 22.9 Å². The monoisotopic (exact) mass is 570 g/mol. The second-order valence-electron chi connectivity index (χ2n) is 9.12. The van der Waals surface area contributed by atoms with Crippen LogP contribution in [-0.2, 0) is 10.0 Å². The number of aromatic nitrogens is 6. The highest BCUT2D eigenvalue weighted by molar-refractivity contribution is 7.93. The molecule has 4 aromatic rings. The van der Waals surface area contributed by atoms with Crippen LogP contribution in [0.1, 0.15) is 12.1 Å². The van der Waals surface area contributed by atoms with E-state index in [1.807, 2.05) is 13.0 Å². The molecular formula is C25H27FN8O5S. The Kier molecular flexibility index (Phi) is 7.49. The molecule has 0 radical (unpaired) electrons.